The highest BCUT2D eigenvalue weighted by Gasteiger charge is 2.26. The Morgan fingerprint density at radius 2 is 1.68 bits per heavy atom. The molecular weight excluding hydrogens is 328 g/mol. The Balaban J connectivity index is 2.05. The summed E-state index contributed by atoms with van der Waals surface area (Å²) in [6, 6.07) is 0. The molecule has 25 heavy (non-hydrogen) atoms. The van der Waals surface area contributed by atoms with Gasteiger partial charge in [0.25, 0.3) is 0 Å². The molecule has 146 valence electrons. The molecule has 0 amide bonds. The molecule has 0 aromatic rings. The molecule has 0 saturated heterocycles. The van der Waals surface area contributed by atoms with Crippen molar-refractivity contribution >= 4 is 12.3 Å². The van der Waals surface area contributed by atoms with Gasteiger partial charge < -0.3 is 24.1 Å². The second-order valence-electron chi connectivity index (χ2n) is 6.49. The van der Waals surface area contributed by atoms with Gasteiger partial charge in [0.15, 0.2) is 0 Å². The van der Waals surface area contributed by atoms with Crippen LogP contribution >= 0.6 is 0 Å². The van der Waals surface area contributed by atoms with E-state index in [0.717, 1.165) is 6.42 Å². The van der Waals surface area contributed by atoms with Crippen molar-refractivity contribution in [2.45, 2.75) is 77.4 Å². The normalized spacial score (nSPS) is 21.4. The Hall–Kier alpha value is -1.50. The van der Waals surface area contributed by atoms with E-state index >= 15 is 0 Å². The molecule has 1 saturated carbocycles. The van der Waals surface area contributed by atoms with Gasteiger partial charge in [-0.2, -0.15) is 0 Å². The minimum Gasteiger partial charge on any atom is -0.450 e. The quantitative estimate of drug-likeness (QED) is 0.432. The third kappa shape index (κ3) is 10.2. The Morgan fingerprint density at radius 1 is 1.04 bits per heavy atom. The average Bonchev–Trinajstić information content (AvgIpc) is 2.58. The summed E-state index contributed by atoms with van der Waals surface area (Å²) in [5, 5.41) is 8.57. The maximum absolute atomic E-state index is 11.6. The summed E-state index contributed by atoms with van der Waals surface area (Å²) in [7, 11) is 0. The molecule has 1 unspecified atom stereocenters. The van der Waals surface area contributed by atoms with Gasteiger partial charge in [-0.1, -0.05) is 33.1 Å². The van der Waals surface area contributed by atoms with Gasteiger partial charge in [0.2, 0.25) is 0 Å². The zero-order chi connectivity index (χ0) is 18.5. The second-order valence-corrected chi connectivity index (χ2v) is 6.49. The van der Waals surface area contributed by atoms with Gasteiger partial charge in [0.1, 0.15) is 18.8 Å². The highest BCUT2D eigenvalue weighted by molar-refractivity contribution is 5.60. The Labute approximate surface area is 150 Å². The van der Waals surface area contributed by atoms with Crippen molar-refractivity contribution in [2.75, 3.05) is 19.8 Å². The van der Waals surface area contributed by atoms with Crippen LogP contribution in [0.3, 0.4) is 0 Å². The average molecular weight is 360 g/mol. The van der Waals surface area contributed by atoms with Crippen LogP contribution in [-0.2, 0) is 18.9 Å². The van der Waals surface area contributed by atoms with Crippen LogP contribution in [0.25, 0.3) is 0 Å². The SMILES string of the molecule is CCCCC(CC)COCCOC(=O)OC1CCC(OC(=O)O)CC1. The lowest BCUT2D eigenvalue weighted by Gasteiger charge is -2.26. The van der Waals surface area contributed by atoms with Crippen LogP contribution in [0.4, 0.5) is 9.59 Å². The highest BCUT2D eigenvalue weighted by Crippen LogP contribution is 2.24. The maximum Gasteiger partial charge on any atom is 0.508 e. The zero-order valence-corrected chi connectivity index (χ0v) is 15.4. The van der Waals surface area contributed by atoms with Crippen LogP contribution in [0.1, 0.15) is 65.2 Å². The minimum atomic E-state index is -1.26. The van der Waals surface area contributed by atoms with Gasteiger partial charge in [0.05, 0.1) is 6.61 Å². The number of carbonyl (C=O) groups is 2. The molecule has 7 nitrogen and oxygen atoms in total. The molecule has 0 bridgehead atoms. The number of ether oxygens (including phenoxy) is 4. The number of hydrogen-bond donors (Lipinski definition) is 1. The molecule has 1 fully saturated rings. The molecule has 1 N–H and O–H groups in total. The molecule has 0 aliphatic heterocycles. The first kappa shape index (κ1) is 21.5. The van der Waals surface area contributed by atoms with E-state index in [1.807, 2.05) is 0 Å². The van der Waals surface area contributed by atoms with Crippen molar-refractivity contribution in [2.24, 2.45) is 5.92 Å². The van der Waals surface area contributed by atoms with Gasteiger partial charge in [-0.15, -0.1) is 0 Å². The molecule has 0 aromatic heterocycles. The fraction of sp³-hybridized carbons (Fsp3) is 0.889. The number of carboxylic acid groups (broad SMARTS) is 1. The molecule has 0 heterocycles. The predicted molar refractivity (Wildman–Crippen MR) is 91.7 cm³/mol. The molecule has 0 radical (unpaired) electrons. The van der Waals surface area contributed by atoms with Crippen LogP contribution in [0.15, 0.2) is 0 Å². The summed E-state index contributed by atoms with van der Waals surface area (Å²) in [6.45, 7) is 5.59. The number of rotatable bonds is 11. The summed E-state index contributed by atoms with van der Waals surface area (Å²) >= 11 is 0. The zero-order valence-electron chi connectivity index (χ0n) is 15.4. The van der Waals surface area contributed by atoms with Gasteiger partial charge in [-0.3, -0.25) is 0 Å². The number of carbonyl (C=O) groups excluding carboxylic acids is 1. The lowest BCUT2D eigenvalue weighted by Crippen LogP contribution is -2.29. The first-order valence-corrected chi connectivity index (χ1v) is 9.35. The third-order valence-electron chi connectivity index (χ3n) is 4.50. The van der Waals surface area contributed by atoms with Crippen molar-refractivity contribution in [3.8, 4) is 0 Å². The van der Waals surface area contributed by atoms with Gasteiger partial charge >= 0.3 is 12.3 Å². The molecule has 1 aliphatic carbocycles. The monoisotopic (exact) mass is 360 g/mol. The van der Waals surface area contributed by atoms with Crippen molar-refractivity contribution in [3.05, 3.63) is 0 Å². The molecule has 0 aromatic carbocycles. The molecule has 0 spiro atoms. The maximum atomic E-state index is 11.6. The Morgan fingerprint density at radius 3 is 2.24 bits per heavy atom. The second kappa shape index (κ2) is 12.8. The molecule has 1 atom stereocenters. The van der Waals surface area contributed by atoms with Crippen LogP contribution in [-0.4, -0.2) is 49.4 Å². The smallest absolute Gasteiger partial charge is 0.450 e. The third-order valence-corrected chi connectivity index (χ3v) is 4.50. The topological polar surface area (TPSA) is 91.3 Å². The summed E-state index contributed by atoms with van der Waals surface area (Å²) < 4.78 is 20.5. The van der Waals surface area contributed by atoms with Crippen LogP contribution in [0, 0.1) is 5.92 Å². The summed E-state index contributed by atoms with van der Waals surface area (Å²) in [5.74, 6) is 0.565. The van der Waals surface area contributed by atoms with Crippen LogP contribution in [0.2, 0.25) is 0 Å². The summed E-state index contributed by atoms with van der Waals surface area (Å²) in [4.78, 5) is 22.1. The van der Waals surface area contributed by atoms with Crippen molar-refractivity contribution in [3.63, 3.8) is 0 Å². The lowest BCUT2D eigenvalue weighted by atomic mass is 9.95. The van der Waals surface area contributed by atoms with Gasteiger partial charge in [-0.25, -0.2) is 9.59 Å². The standard InChI is InChI=1S/C18H32O7/c1-3-5-6-14(4-2)13-22-11-12-23-18(21)25-16-9-7-15(8-10-16)24-17(19)20/h14-16H,3-13H2,1-2H3,(H,19,20). The lowest BCUT2D eigenvalue weighted by molar-refractivity contribution is -0.0272. The first-order chi connectivity index (χ1) is 12.0. The molecular formula is C18H32O7. The van der Waals surface area contributed by atoms with E-state index in [-0.39, 0.29) is 18.8 Å². The fourth-order valence-electron chi connectivity index (χ4n) is 2.91. The minimum absolute atomic E-state index is 0.181. The van der Waals surface area contributed by atoms with E-state index in [1.54, 1.807) is 0 Å². The molecule has 1 rings (SSSR count). The van der Waals surface area contributed by atoms with Crippen molar-refractivity contribution in [1.29, 1.82) is 0 Å². The molecule has 7 heteroatoms. The summed E-state index contributed by atoms with van der Waals surface area (Å²) in [5.41, 5.74) is 0. The largest absolute Gasteiger partial charge is 0.508 e. The van der Waals surface area contributed by atoms with E-state index in [9.17, 15) is 9.59 Å². The molecule has 1 aliphatic rings. The fourth-order valence-corrected chi connectivity index (χ4v) is 2.91. The van der Waals surface area contributed by atoms with E-state index in [2.05, 4.69) is 13.8 Å². The van der Waals surface area contributed by atoms with Crippen molar-refractivity contribution in [1.82, 2.24) is 0 Å². The first-order valence-electron chi connectivity index (χ1n) is 9.35. The van der Waals surface area contributed by atoms with E-state index < -0.39 is 12.3 Å². The summed E-state index contributed by atoms with van der Waals surface area (Å²) in [6.07, 6.45) is 4.46. The van der Waals surface area contributed by atoms with Gasteiger partial charge in [0, 0.05) is 6.61 Å². The predicted octanol–water partition coefficient (Wildman–Crippen LogP) is 4.38. The van der Waals surface area contributed by atoms with Crippen molar-refractivity contribution < 1.29 is 33.6 Å². The van der Waals surface area contributed by atoms with E-state index in [4.69, 9.17) is 24.1 Å². The van der Waals surface area contributed by atoms with Crippen LogP contribution in [0.5, 0.6) is 0 Å². The van der Waals surface area contributed by atoms with E-state index in [0.29, 0.717) is 44.8 Å². The van der Waals surface area contributed by atoms with Gasteiger partial charge in [-0.05, 0) is 38.0 Å². The number of hydrogen-bond acceptors (Lipinski definition) is 6. The Bertz CT molecular complexity index is 378. The van der Waals surface area contributed by atoms with Crippen LogP contribution < -0.4 is 0 Å². The highest BCUT2D eigenvalue weighted by atomic mass is 16.7. The van der Waals surface area contributed by atoms with E-state index in [1.165, 1.54) is 19.3 Å². The Kier molecular flexibility index (Phi) is 11.0. The number of unbranched alkanes of at least 4 members (excludes halogenated alkanes) is 1.